The van der Waals surface area contributed by atoms with Gasteiger partial charge in [0.25, 0.3) is 5.56 Å². The van der Waals surface area contributed by atoms with Crippen molar-refractivity contribution in [1.29, 1.82) is 0 Å². The van der Waals surface area contributed by atoms with E-state index in [2.05, 4.69) is 20.4 Å². The zero-order valence-corrected chi connectivity index (χ0v) is 13.7. The number of H-pyrrole nitrogens is 1. The third kappa shape index (κ3) is 3.28. The summed E-state index contributed by atoms with van der Waals surface area (Å²) in [5.41, 5.74) is -0.249. The van der Waals surface area contributed by atoms with E-state index >= 15 is 0 Å². The Labute approximate surface area is 128 Å². The lowest BCUT2D eigenvalue weighted by atomic mass is 10.1. The molecule has 10 heteroatoms. The maximum Gasteiger partial charge on any atom is 0.263 e. The monoisotopic (exact) mass is 328 g/mol. The summed E-state index contributed by atoms with van der Waals surface area (Å²) in [5, 5.41) is 11.6. The Balaban J connectivity index is 2.39. The largest absolute Gasteiger partial charge is 0.354 e. The lowest BCUT2D eigenvalue weighted by molar-refractivity contribution is 0.366. The molecule has 2 rings (SSSR count). The maximum absolute atomic E-state index is 12.0. The lowest BCUT2D eigenvalue weighted by Crippen LogP contribution is -2.32. The number of aromatic nitrogens is 4. The van der Waals surface area contributed by atoms with Gasteiger partial charge < -0.3 is 5.32 Å². The van der Waals surface area contributed by atoms with Crippen molar-refractivity contribution in [3.05, 3.63) is 16.6 Å². The number of nitrogens with zero attached hydrogens (tertiary/aromatic N) is 3. The minimum absolute atomic E-state index is 0.0386. The van der Waals surface area contributed by atoms with Crippen LogP contribution in [0.4, 0.5) is 5.95 Å². The molecule has 4 N–H and O–H groups in total. The molecule has 0 saturated heterocycles. The van der Waals surface area contributed by atoms with Gasteiger partial charge in [0, 0.05) is 6.54 Å². The molecule has 2 heterocycles. The van der Waals surface area contributed by atoms with Gasteiger partial charge in [0.05, 0.1) is 17.0 Å². The van der Waals surface area contributed by atoms with Crippen molar-refractivity contribution in [1.82, 2.24) is 19.7 Å². The lowest BCUT2D eigenvalue weighted by Gasteiger charge is -2.19. The van der Waals surface area contributed by atoms with Crippen LogP contribution in [-0.2, 0) is 15.6 Å². The van der Waals surface area contributed by atoms with Crippen LogP contribution >= 0.6 is 0 Å². The third-order valence-electron chi connectivity index (χ3n) is 3.19. The second kappa shape index (κ2) is 5.36. The number of rotatable bonds is 4. The van der Waals surface area contributed by atoms with Gasteiger partial charge in [-0.05, 0) is 27.7 Å². The van der Waals surface area contributed by atoms with Gasteiger partial charge in [0.15, 0.2) is 5.65 Å². The first-order chi connectivity index (χ1) is 10.00. The highest BCUT2D eigenvalue weighted by Gasteiger charge is 2.20. The molecule has 0 aromatic carbocycles. The standard InChI is InChI=1S/C12H20N6O3S/c1-7(22(13,20)21)5-14-11-16-9-8(10(19)17-11)6-15-18(9)12(2,3)4/h6-7H,5H2,1-4H3,(H2,13,20,21)(H2,14,16,17,19). The first-order valence-electron chi connectivity index (χ1n) is 6.74. The molecule has 9 nitrogen and oxygen atoms in total. The van der Waals surface area contributed by atoms with E-state index in [0.29, 0.717) is 11.0 Å². The molecule has 0 amide bonds. The number of anilines is 1. The summed E-state index contributed by atoms with van der Waals surface area (Å²) in [6.07, 6.45) is 1.46. The van der Waals surface area contributed by atoms with Crippen LogP contribution in [0.2, 0.25) is 0 Å². The molecule has 1 unspecified atom stereocenters. The van der Waals surface area contributed by atoms with Gasteiger partial charge in [0.2, 0.25) is 16.0 Å². The number of aromatic amines is 1. The highest BCUT2D eigenvalue weighted by atomic mass is 32.2. The van der Waals surface area contributed by atoms with E-state index in [4.69, 9.17) is 5.14 Å². The molecular weight excluding hydrogens is 308 g/mol. The van der Waals surface area contributed by atoms with Gasteiger partial charge in [-0.3, -0.25) is 9.78 Å². The molecule has 0 saturated carbocycles. The number of primary sulfonamides is 1. The fraction of sp³-hybridized carbons (Fsp3) is 0.583. The smallest absolute Gasteiger partial charge is 0.263 e. The molecule has 2 aromatic heterocycles. The molecule has 0 aliphatic carbocycles. The molecule has 0 fully saturated rings. The topological polar surface area (TPSA) is 136 Å². The summed E-state index contributed by atoms with van der Waals surface area (Å²) in [4.78, 5) is 18.9. The Morgan fingerprint density at radius 1 is 1.45 bits per heavy atom. The van der Waals surface area contributed by atoms with E-state index in [9.17, 15) is 13.2 Å². The minimum atomic E-state index is -3.65. The highest BCUT2D eigenvalue weighted by molar-refractivity contribution is 7.89. The van der Waals surface area contributed by atoms with E-state index in [-0.39, 0.29) is 23.6 Å². The fourth-order valence-corrected chi connectivity index (χ4v) is 2.17. The minimum Gasteiger partial charge on any atom is -0.354 e. The van der Waals surface area contributed by atoms with Crippen molar-refractivity contribution in [2.75, 3.05) is 11.9 Å². The van der Waals surface area contributed by atoms with E-state index in [1.54, 1.807) is 4.68 Å². The van der Waals surface area contributed by atoms with Gasteiger partial charge in [0.1, 0.15) is 5.39 Å². The van der Waals surface area contributed by atoms with E-state index in [1.807, 2.05) is 20.8 Å². The summed E-state index contributed by atoms with van der Waals surface area (Å²) >= 11 is 0. The SMILES string of the molecule is CC(CNc1nc2c(cnn2C(C)(C)C)c(=O)[nH]1)S(N)(=O)=O. The normalized spacial score (nSPS) is 14.2. The summed E-state index contributed by atoms with van der Waals surface area (Å²) in [6, 6.07) is 0. The Bertz CT molecular complexity index is 846. The molecule has 0 radical (unpaired) electrons. The molecule has 1 atom stereocenters. The predicted octanol–water partition coefficient (Wildman–Crippen LogP) is -0.0365. The molecule has 0 aliphatic heterocycles. The van der Waals surface area contributed by atoms with Crippen LogP contribution in [0, 0.1) is 0 Å². The highest BCUT2D eigenvalue weighted by Crippen LogP contribution is 2.18. The predicted molar refractivity (Wildman–Crippen MR) is 84.2 cm³/mol. The number of hydrogen-bond acceptors (Lipinski definition) is 6. The number of nitrogens with two attached hydrogens (primary N) is 1. The summed E-state index contributed by atoms with van der Waals surface area (Å²) in [5.74, 6) is 0.180. The number of nitrogens with one attached hydrogen (secondary N) is 2. The van der Waals surface area contributed by atoms with Crippen molar-refractivity contribution in [3.63, 3.8) is 0 Å². The first-order valence-corrected chi connectivity index (χ1v) is 8.35. The quantitative estimate of drug-likeness (QED) is 0.720. The molecule has 22 heavy (non-hydrogen) atoms. The summed E-state index contributed by atoms with van der Waals surface area (Å²) in [7, 11) is -3.65. The van der Waals surface area contributed by atoms with E-state index in [1.165, 1.54) is 13.1 Å². The van der Waals surface area contributed by atoms with Gasteiger partial charge in [-0.15, -0.1) is 0 Å². The van der Waals surface area contributed by atoms with Crippen molar-refractivity contribution < 1.29 is 8.42 Å². The van der Waals surface area contributed by atoms with Crippen LogP contribution < -0.4 is 16.0 Å². The zero-order valence-electron chi connectivity index (χ0n) is 12.9. The number of hydrogen-bond donors (Lipinski definition) is 3. The Morgan fingerprint density at radius 2 is 2.09 bits per heavy atom. The number of fused-ring (bicyclic) bond motifs is 1. The van der Waals surface area contributed by atoms with Crippen LogP contribution in [-0.4, -0.2) is 40.0 Å². The van der Waals surface area contributed by atoms with Gasteiger partial charge >= 0.3 is 0 Å². The Morgan fingerprint density at radius 3 is 2.64 bits per heavy atom. The average Bonchev–Trinajstić information content (AvgIpc) is 2.78. The summed E-state index contributed by atoms with van der Waals surface area (Å²) < 4.78 is 24.1. The van der Waals surface area contributed by atoms with Crippen LogP contribution in [0.1, 0.15) is 27.7 Å². The Hall–Kier alpha value is -1.94. The maximum atomic E-state index is 12.0. The molecular formula is C12H20N6O3S. The molecule has 0 spiro atoms. The molecule has 2 aromatic rings. The zero-order chi connectivity index (χ0) is 16.7. The second-order valence-electron chi connectivity index (χ2n) is 6.16. The van der Waals surface area contributed by atoms with Gasteiger partial charge in [-0.25, -0.2) is 18.2 Å². The fourth-order valence-electron chi connectivity index (χ4n) is 1.85. The van der Waals surface area contributed by atoms with Crippen LogP contribution in [0.25, 0.3) is 11.0 Å². The van der Waals surface area contributed by atoms with Crippen LogP contribution in [0.3, 0.4) is 0 Å². The average molecular weight is 328 g/mol. The second-order valence-corrected chi connectivity index (χ2v) is 8.14. The summed E-state index contributed by atoms with van der Waals surface area (Å²) in [6.45, 7) is 7.34. The third-order valence-corrected chi connectivity index (χ3v) is 4.48. The number of sulfonamides is 1. The van der Waals surface area contributed by atoms with Crippen LogP contribution in [0.5, 0.6) is 0 Å². The van der Waals surface area contributed by atoms with Gasteiger partial charge in [-0.1, -0.05) is 0 Å². The first kappa shape index (κ1) is 16.4. The molecule has 0 bridgehead atoms. The van der Waals surface area contributed by atoms with Crippen LogP contribution in [0.15, 0.2) is 11.0 Å². The van der Waals surface area contributed by atoms with Crippen molar-refractivity contribution in [2.24, 2.45) is 5.14 Å². The van der Waals surface area contributed by atoms with Crippen molar-refractivity contribution >= 4 is 27.0 Å². The molecule has 0 aliphatic rings. The van der Waals surface area contributed by atoms with Crippen molar-refractivity contribution in [3.8, 4) is 0 Å². The van der Waals surface area contributed by atoms with Crippen molar-refractivity contribution in [2.45, 2.75) is 38.5 Å². The van der Waals surface area contributed by atoms with Gasteiger partial charge in [-0.2, -0.15) is 10.1 Å². The Kier molecular flexibility index (Phi) is 4.00. The van der Waals surface area contributed by atoms with E-state index < -0.39 is 15.3 Å². The van der Waals surface area contributed by atoms with E-state index in [0.717, 1.165) is 0 Å². The molecule has 122 valence electrons.